The molecule has 1 N–H and O–H groups in total. The standard InChI is InChI=1S/C20H15NO7/c1-10(22)21-14-7-12(20(25)26-2)3-5-13(14)17(19(21)24)18(23)11-4-6-15-16(8-11)28-9-27-15/h3-8,23H,9H2,1-2H3/b18-17+. The monoisotopic (exact) mass is 381 g/mol. The fraction of sp³-hybridized carbons (Fsp3) is 0.150. The zero-order valence-electron chi connectivity index (χ0n) is 15.0. The number of aliphatic hydroxyl groups excluding tert-OH is 1. The number of hydrogen-bond acceptors (Lipinski definition) is 7. The molecule has 2 aliphatic rings. The van der Waals surface area contributed by atoms with Crippen LogP contribution in [-0.4, -0.2) is 36.8 Å². The number of aliphatic hydroxyl groups is 1. The molecule has 2 aromatic carbocycles. The zero-order chi connectivity index (χ0) is 20.0. The van der Waals surface area contributed by atoms with E-state index >= 15 is 0 Å². The molecule has 0 saturated carbocycles. The average Bonchev–Trinajstić information content (AvgIpc) is 3.26. The van der Waals surface area contributed by atoms with Crippen molar-refractivity contribution in [3.63, 3.8) is 0 Å². The minimum absolute atomic E-state index is 0.0412. The Morgan fingerprint density at radius 2 is 1.79 bits per heavy atom. The van der Waals surface area contributed by atoms with E-state index in [0.717, 1.165) is 4.90 Å². The molecule has 0 saturated heterocycles. The highest BCUT2D eigenvalue weighted by molar-refractivity contribution is 6.42. The predicted octanol–water partition coefficient (Wildman–Crippen LogP) is 2.52. The minimum atomic E-state index is -0.681. The summed E-state index contributed by atoms with van der Waals surface area (Å²) in [6, 6.07) is 9.12. The second-order valence-corrected chi connectivity index (χ2v) is 6.17. The maximum atomic E-state index is 12.9. The van der Waals surface area contributed by atoms with Crippen LogP contribution in [0.5, 0.6) is 11.5 Å². The number of imide groups is 1. The first-order valence-electron chi connectivity index (χ1n) is 8.33. The van der Waals surface area contributed by atoms with Gasteiger partial charge in [0.1, 0.15) is 5.76 Å². The summed E-state index contributed by atoms with van der Waals surface area (Å²) in [6.45, 7) is 1.30. The highest BCUT2D eigenvalue weighted by atomic mass is 16.7. The lowest BCUT2D eigenvalue weighted by Gasteiger charge is -2.12. The van der Waals surface area contributed by atoms with Gasteiger partial charge in [-0.1, -0.05) is 6.07 Å². The van der Waals surface area contributed by atoms with Gasteiger partial charge in [-0.3, -0.25) is 9.59 Å². The molecule has 2 aliphatic heterocycles. The van der Waals surface area contributed by atoms with E-state index in [4.69, 9.17) is 14.2 Å². The quantitative estimate of drug-likeness (QED) is 0.484. The largest absolute Gasteiger partial charge is 0.506 e. The third kappa shape index (κ3) is 2.58. The maximum Gasteiger partial charge on any atom is 0.337 e. The summed E-state index contributed by atoms with van der Waals surface area (Å²) in [7, 11) is 1.24. The van der Waals surface area contributed by atoms with Gasteiger partial charge >= 0.3 is 5.97 Å². The molecule has 0 atom stereocenters. The van der Waals surface area contributed by atoms with Gasteiger partial charge in [0.15, 0.2) is 11.5 Å². The van der Waals surface area contributed by atoms with Crippen molar-refractivity contribution in [2.75, 3.05) is 18.8 Å². The Balaban J connectivity index is 1.89. The molecule has 0 fully saturated rings. The van der Waals surface area contributed by atoms with Gasteiger partial charge in [0, 0.05) is 18.1 Å². The zero-order valence-corrected chi connectivity index (χ0v) is 15.0. The predicted molar refractivity (Wildman–Crippen MR) is 98.0 cm³/mol. The Labute approximate surface area is 159 Å². The van der Waals surface area contributed by atoms with Gasteiger partial charge < -0.3 is 19.3 Å². The van der Waals surface area contributed by atoms with Crippen molar-refractivity contribution in [1.82, 2.24) is 0 Å². The smallest absolute Gasteiger partial charge is 0.337 e. The van der Waals surface area contributed by atoms with Crippen molar-refractivity contribution in [3.8, 4) is 11.5 Å². The highest BCUT2D eigenvalue weighted by Crippen LogP contribution is 2.42. The van der Waals surface area contributed by atoms with Gasteiger partial charge in [-0.2, -0.15) is 0 Å². The molecule has 0 aromatic heterocycles. The van der Waals surface area contributed by atoms with E-state index in [1.54, 1.807) is 18.2 Å². The molecule has 0 radical (unpaired) electrons. The first-order chi connectivity index (χ1) is 13.4. The fourth-order valence-electron chi connectivity index (χ4n) is 3.24. The van der Waals surface area contributed by atoms with Crippen LogP contribution < -0.4 is 14.4 Å². The fourth-order valence-corrected chi connectivity index (χ4v) is 3.24. The second kappa shape index (κ2) is 6.41. The van der Waals surface area contributed by atoms with Gasteiger partial charge in [-0.15, -0.1) is 0 Å². The van der Waals surface area contributed by atoms with E-state index in [2.05, 4.69) is 0 Å². The third-order valence-corrected chi connectivity index (χ3v) is 4.54. The molecule has 8 heteroatoms. The molecular formula is C20H15NO7. The van der Waals surface area contributed by atoms with Crippen LogP contribution in [0.15, 0.2) is 36.4 Å². The van der Waals surface area contributed by atoms with E-state index in [-0.39, 0.29) is 29.4 Å². The molecule has 4 rings (SSSR count). The maximum absolute atomic E-state index is 12.9. The highest BCUT2D eigenvalue weighted by Gasteiger charge is 2.38. The van der Waals surface area contributed by atoms with E-state index in [0.29, 0.717) is 22.6 Å². The number of fused-ring (bicyclic) bond motifs is 2. The van der Waals surface area contributed by atoms with Crippen molar-refractivity contribution in [1.29, 1.82) is 0 Å². The van der Waals surface area contributed by atoms with Crippen LogP contribution >= 0.6 is 0 Å². The summed E-state index contributed by atoms with van der Waals surface area (Å²) in [4.78, 5) is 37.7. The van der Waals surface area contributed by atoms with E-state index in [9.17, 15) is 19.5 Å². The van der Waals surface area contributed by atoms with Crippen molar-refractivity contribution in [3.05, 3.63) is 53.1 Å². The van der Waals surface area contributed by atoms with Crippen molar-refractivity contribution < 1.29 is 33.7 Å². The number of benzene rings is 2. The Morgan fingerprint density at radius 3 is 2.50 bits per heavy atom. The number of esters is 1. The van der Waals surface area contributed by atoms with Crippen LogP contribution in [0.2, 0.25) is 0 Å². The first-order valence-corrected chi connectivity index (χ1v) is 8.33. The summed E-state index contributed by atoms with van der Waals surface area (Å²) in [5.74, 6) is -1.15. The lowest BCUT2D eigenvalue weighted by molar-refractivity contribution is -0.122. The first kappa shape index (κ1) is 17.6. The van der Waals surface area contributed by atoms with E-state index in [1.165, 1.54) is 32.2 Å². The van der Waals surface area contributed by atoms with Crippen molar-refractivity contribution >= 4 is 34.8 Å². The molecule has 0 spiro atoms. The normalized spacial score (nSPS) is 16.1. The number of nitrogens with zero attached hydrogens (tertiary/aromatic N) is 1. The summed E-state index contributed by atoms with van der Waals surface area (Å²) < 4.78 is 15.2. The molecule has 0 aliphatic carbocycles. The van der Waals surface area contributed by atoms with Crippen LogP contribution in [0.3, 0.4) is 0 Å². The van der Waals surface area contributed by atoms with Gasteiger partial charge in [-0.05, 0) is 30.3 Å². The molecule has 2 amide bonds. The summed E-state index contributed by atoms with van der Waals surface area (Å²) >= 11 is 0. The Morgan fingerprint density at radius 1 is 1.07 bits per heavy atom. The minimum Gasteiger partial charge on any atom is -0.506 e. The Hall–Kier alpha value is -3.81. The number of methoxy groups -OCH3 is 1. The third-order valence-electron chi connectivity index (χ3n) is 4.54. The number of hydrogen-bond donors (Lipinski definition) is 1. The van der Waals surface area contributed by atoms with Crippen LogP contribution in [0, 0.1) is 0 Å². The van der Waals surface area contributed by atoms with Crippen LogP contribution in [0.4, 0.5) is 5.69 Å². The molecule has 2 aromatic rings. The molecule has 8 nitrogen and oxygen atoms in total. The SMILES string of the molecule is COC(=O)c1ccc2c(c1)N(C(C)=O)C(=O)/C2=C(/O)c1ccc2c(c1)OCO2. The van der Waals surface area contributed by atoms with Gasteiger partial charge in [-0.25, -0.2) is 9.69 Å². The van der Waals surface area contributed by atoms with Gasteiger partial charge in [0.25, 0.3) is 5.91 Å². The number of ether oxygens (including phenoxy) is 3. The van der Waals surface area contributed by atoms with Crippen LogP contribution in [0.1, 0.15) is 28.4 Å². The topological polar surface area (TPSA) is 102 Å². The van der Waals surface area contributed by atoms with E-state index in [1.807, 2.05) is 0 Å². The van der Waals surface area contributed by atoms with Crippen molar-refractivity contribution in [2.45, 2.75) is 6.92 Å². The number of rotatable bonds is 2. The van der Waals surface area contributed by atoms with E-state index < -0.39 is 17.8 Å². The molecular weight excluding hydrogens is 366 g/mol. The average molecular weight is 381 g/mol. The molecule has 0 bridgehead atoms. The summed E-state index contributed by atoms with van der Waals surface area (Å²) in [5.41, 5.74) is 1.02. The number of anilines is 1. The Bertz CT molecular complexity index is 1070. The van der Waals surface area contributed by atoms with Crippen LogP contribution in [-0.2, 0) is 14.3 Å². The van der Waals surface area contributed by atoms with Crippen LogP contribution in [0.25, 0.3) is 11.3 Å². The number of carbonyl (C=O) groups is 3. The second-order valence-electron chi connectivity index (χ2n) is 6.17. The number of amides is 2. The van der Waals surface area contributed by atoms with Gasteiger partial charge in [0.05, 0.1) is 23.9 Å². The molecule has 28 heavy (non-hydrogen) atoms. The molecule has 0 unspecified atom stereocenters. The lowest BCUT2D eigenvalue weighted by atomic mass is 10.0. The summed E-state index contributed by atoms with van der Waals surface area (Å²) in [5, 5.41) is 10.8. The Kier molecular flexibility index (Phi) is 4.03. The molecule has 2 heterocycles. The van der Waals surface area contributed by atoms with Crippen molar-refractivity contribution in [2.24, 2.45) is 0 Å². The lowest BCUT2D eigenvalue weighted by Crippen LogP contribution is -2.31. The number of carbonyl (C=O) groups excluding carboxylic acids is 3. The molecule has 142 valence electrons. The summed E-state index contributed by atoms with van der Waals surface area (Å²) in [6.07, 6.45) is 0. The van der Waals surface area contributed by atoms with Gasteiger partial charge in [0.2, 0.25) is 12.7 Å².